The van der Waals surface area contributed by atoms with E-state index in [1.165, 1.54) is 10.4 Å². The summed E-state index contributed by atoms with van der Waals surface area (Å²) in [7, 11) is -3.66. The number of hydrogen-bond acceptors (Lipinski definition) is 3. The van der Waals surface area contributed by atoms with Crippen LogP contribution in [0.25, 0.3) is 0 Å². The molecule has 0 aromatic heterocycles. The van der Waals surface area contributed by atoms with Gasteiger partial charge in [-0.05, 0) is 31.0 Å². The average Bonchev–Trinajstić information content (AvgIpc) is 2.44. The van der Waals surface area contributed by atoms with Crippen molar-refractivity contribution in [2.24, 2.45) is 0 Å². The first-order chi connectivity index (χ1) is 9.91. The van der Waals surface area contributed by atoms with Crippen LogP contribution >= 0.6 is 15.9 Å². The topological polar surface area (TPSA) is 66.5 Å². The fraction of sp³-hybridized carbons (Fsp3) is 0.500. The van der Waals surface area contributed by atoms with Crippen LogP contribution in [-0.2, 0) is 14.8 Å². The minimum atomic E-state index is -3.66. The number of nitrogens with zero attached hydrogens (tertiary/aromatic N) is 1. The summed E-state index contributed by atoms with van der Waals surface area (Å²) in [5.41, 5.74) is 0. The number of carbonyl (C=O) groups is 1. The molecule has 1 amide bonds. The SMILES string of the molecule is CCCNC(=O)CN(CCC)S(=O)(=O)c1cccc(Br)c1. The fourth-order valence-electron chi connectivity index (χ4n) is 1.79. The van der Waals surface area contributed by atoms with Crippen LogP contribution in [0.1, 0.15) is 26.7 Å². The average molecular weight is 377 g/mol. The summed E-state index contributed by atoms with van der Waals surface area (Å²) in [5.74, 6) is -0.274. The molecule has 0 aliphatic rings. The van der Waals surface area contributed by atoms with Gasteiger partial charge in [0.25, 0.3) is 0 Å². The highest BCUT2D eigenvalue weighted by Crippen LogP contribution is 2.20. The maximum Gasteiger partial charge on any atom is 0.243 e. The summed E-state index contributed by atoms with van der Waals surface area (Å²) in [5, 5.41) is 2.70. The molecule has 0 bridgehead atoms. The number of sulfonamides is 1. The lowest BCUT2D eigenvalue weighted by atomic mass is 10.4. The van der Waals surface area contributed by atoms with Crippen molar-refractivity contribution in [2.45, 2.75) is 31.6 Å². The first-order valence-corrected chi connectivity index (χ1v) is 9.17. The lowest BCUT2D eigenvalue weighted by molar-refractivity contribution is -0.121. The third-order valence-corrected chi connectivity index (χ3v) is 5.13. The summed E-state index contributed by atoms with van der Waals surface area (Å²) in [6, 6.07) is 6.50. The molecule has 0 radical (unpaired) electrons. The molecule has 0 aliphatic heterocycles. The normalized spacial score (nSPS) is 11.6. The predicted octanol–water partition coefficient (Wildman–Crippen LogP) is 2.38. The molecular weight excluding hydrogens is 356 g/mol. The van der Waals surface area contributed by atoms with Gasteiger partial charge in [0, 0.05) is 17.6 Å². The summed E-state index contributed by atoms with van der Waals surface area (Å²) in [4.78, 5) is 12.0. The molecular formula is C14H21BrN2O3S. The van der Waals surface area contributed by atoms with Crippen LogP contribution in [0, 0.1) is 0 Å². The van der Waals surface area contributed by atoms with Crippen molar-refractivity contribution in [1.29, 1.82) is 0 Å². The van der Waals surface area contributed by atoms with E-state index in [1.54, 1.807) is 18.2 Å². The number of halogens is 1. The molecule has 1 aromatic carbocycles. The van der Waals surface area contributed by atoms with Gasteiger partial charge in [-0.2, -0.15) is 4.31 Å². The molecule has 7 heteroatoms. The number of benzene rings is 1. The Balaban J connectivity index is 2.95. The second-order valence-electron chi connectivity index (χ2n) is 4.65. The van der Waals surface area contributed by atoms with E-state index < -0.39 is 10.0 Å². The van der Waals surface area contributed by atoms with Gasteiger partial charge >= 0.3 is 0 Å². The lowest BCUT2D eigenvalue weighted by Gasteiger charge is -2.21. The highest BCUT2D eigenvalue weighted by molar-refractivity contribution is 9.10. The maximum absolute atomic E-state index is 12.6. The predicted molar refractivity (Wildman–Crippen MR) is 86.5 cm³/mol. The third-order valence-electron chi connectivity index (χ3n) is 2.80. The zero-order chi connectivity index (χ0) is 15.9. The number of hydrogen-bond donors (Lipinski definition) is 1. The Morgan fingerprint density at radius 2 is 2.00 bits per heavy atom. The Morgan fingerprint density at radius 1 is 1.29 bits per heavy atom. The Labute approximate surface area is 134 Å². The maximum atomic E-state index is 12.6. The molecule has 0 spiro atoms. The molecule has 0 atom stereocenters. The lowest BCUT2D eigenvalue weighted by Crippen LogP contribution is -2.41. The van der Waals surface area contributed by atoms with Crippen molar-refractivity contribution >= 4 is 31.9 Å². The molecule has 0 unspecified atom stereocenters. The van der Waals surface area contributed by atoms with Crippen LogP contribution in [0.2, 0.25) is 0 Å². The van der Waals surface area contributed by atoms with Gasteiger partial charge in [-0.15, -0.1) is 0 Å². The van der Waals surface area contributed by atoms with Crippen LogP contribution in [0.15, 0.2) is 33.6 Å². The molecule has 0 fully saturated rings. The first-order valence-electron chi connectivity index (χ1n) is 6.94. The number of carbonyl (C=O) groups excluding carboxylic acids is 1. The van der Waals surface area contributed by atoms with E-state index in [0.29, 0.717) is 24.0 Å². The van der Waals surface area contributed by atoms with Crippen molar-refractivity contribution in [2.75, 3.05) is 19.6 Å². The van der Waals surface area contributed by atoms with Gasteiger partial charge in [-0.3, -0.25) is 4.79 Å². The van der Waals surface area contributed by atoms with Crippen LogP contribution in [0.3, 0.4) is 0 Å². The molecule has 0 heterocycles. The molecule has 118 valence electrons. The van der Waals surface area contributed by atoms with Crippen molar-refractivity contribution in [3.8, 4) is 0 Å². The summed E-state index contributed by atoms with van der Waals surface area (Å²) >= 11 is 3.27. The Morgan fingerprint density at radius 3 is 2.57 bits per heavy atom. The Bertz CT molecular complexity index is 575. The van der Waals surface area contributed by atoms with Crippen molar-refractivity contribution in [3.05, 3.63) is 28.7 Å². The van der Waals surface area contributed by atoms with Crippen molar-refractivity contribution in [1.82, 2.24) is 9.62 Å². The third kappa shape index (κ3) is 5.41. The van der Waals surface area contributed by atoms with Crippen LogP contribution in [0.5, 0.6) is 0 Å². The molecule has 5 nitrogen and oxygen atoms in total. The Kier molecular flexibility index (Phi) is 7.34. The van der Waals surface area contributed by atoms with E-state index in [4.69, 9.17) is 0 Å². The van der Waals surface area contributed by atoms with Crippen LogP contribution < -0.4 is 5.32 Å². The monoisotopic (exact) mass is 376 g/mol. The van der Waals surface area contributed by atoms with Crippen molar-refractivity contribution in [3.63, 3.8) is 0 Å². The molecule has 0 saturated carbocycles. The van der Waals surface area contributed by atoms with E-state index in [2.05, 4.69) is 21.2 Å². The van der Waals surface area contributed by atoms with Gasteiger partial charge in [-0.1, -0.05) is 35.8 Å². The number of amides is 1. The van der Waals surface area contributed by atoms with E-state index in [9.17, 15) is 13.2 Å². The van der Waals surface area contributed by atoms with Crippen LogP contribution in [-0.4, -0.2) is 38.3 Å². The van der Waals surface area contributed by atoms with E-state index in [-0.39, 0.29) is 17.3 Å². The minimum absolute atomic E-state index is 0.150. The minimum Gasteiger partial charge on any atom is -0.355 e. The smallest absolute Gasteiger partial charge is 0.243 e. The van der Waals surface area contributed by atoms with E-state index >= 15 is 0 Å². The Hall–Kier alpha value is -0.920. The summed E-state index contributed by atoms with van der Waals surface area (Å²) in [6.45, 7) is 4.54. The van der Waals surface area contributed by atoms with Gasteiger partial charge in [0.15, 0.2) is 0 Å². The van der Waals surface area contributed by atoms with Gasteiger partial charge in [0.1, 0.15) is 0 Å². The molecule has 21 heavy (non-hydrogen) atoms. The zero-order valence-electron chi connectivity index (χ0n) is 12.3. The van der Waals surface area contributed by atoms with Crippen molar-refractivity contribution < 1.29 is 13.2 Å². The number of rotatable bonds is 8. The second-order valence-corrected chi connectivity index (χ2v) is 7.50. The van der Waals surface area contributed by atoms with E-state index in [0.717, 1.165) is 6.42 Å². The molecule has 1 N–H and O–H groups in total. The highest BCUT2D eigenvalue weighted by atomic mass is 79.9. The van der Waals surface area contributed by atoms with Gasteiger partial charge < -0.3 is 5.32 Å². The molecule has 1 rings (SSSR count). The quantitative estimate of drug-likeness (QED) is 0.757. The highest BCUT2D eigenvalue weighted by Gasteiger charge is 2.25. The standard InChI is InChI=1S/C14H21BrN2O3S/c1-3-8-16-14(18)11-17(9-4-2)21(19,20)13-7-5-6-12(15)10-13/h5-7,10H,3-4,8-9,11H2,1-2H3,(H,16,18). The molecule has 0 aliphatic carbocycles. The molecule has 1 aromatic rings. The van der Waals surface area contributed by atoms with Crippen LogP contribution in [0.4, 0.5) is 0 Å². The summed E-state index contributed by atoms with van der Waals surface area (Å²) in [6.07, 6.45) is 1.46. The fourth-order valence-corrected chi connectivity index (χ4v) is 3.88. The van der Waals surface area contributed by atoms with E-state index in [1.807, 2.05) is 13.8 Å². The van der Waals surface area contributed by atoms with Gasteiger partial charge in [0.05, 0.1) is 11.4 Å². The zero-order valence-corrected chi connectivity index (χ0v) is 14.7. The van der Waals surface area contributed by atoms with Gasteiger partial charge in [-0.25, -0.2) is 8.42 Å². The second kappa shape index (κ2) is 8.51. The first kappa shape index (κ1) is 18.1. The largest absolute Gasteiger partial charge is 0.355 e. The summed E-state index contributed by atoms with van der Waals surface area (Å²) < 4.78 is 27.1. The van der Waals surface area contributed by atoms with Gasteiger partial charge in [0.2, 0.25) is 15.9 Å². The number of nitrogens with one attached hydrogen (secondary N) is 1. The molecule has 0 saturated heterocycles.